The number of pyridine rings is 1. The van der Waals surface area contributed by atoms with Crippen LogP contribution in [0, 0.1) is 0 Å². The summed E-state index contributed by atoms with van der Waals surface area (Å²) in [6.07, 6.45) is 3.39. The van der Waals surface area contributed by atoms with E-state index in [-0.39, 0.29) is 0 Å². The molecule has 0 fully saturated rings. The summed E-state index contributed by atoms with van der Waals surface area (Å²) in [7, 11) is 0. The van der Waals surface area contributed by atoms with E-state index in [0.717, 1.165) is 21.5 Å². The lowest BCUT2D eigenvalue weighted by Crippen LogP contribution is -1.98. The molecule has 0 saturated heterocycles. The Hall–Kier alpha value is -1.36. The van der Waals surface area contributed by atoms with Crippen molar-refractivity contribution in [3.63, 3.8) is 0 Å². The first-order valence-corrected chi connectivity index (χ1v) is 7.31. The summed E-state index contributed by atoms with van der Waals surface area (Å²) >= 11 is 15.5. The summed E-state index contributed by atoms with van der Waals surface area (Å²) in [5.41, 5.74) is 1.72. The highest BCUT2D eigenvalue weighted by atomic mass is 79.9. The second-order valence-corrected chi connectivity index (χ2v) is 5.81. The van der Waals surface area contributed by atoms with Gasteiger partial charge in [-0.2, -0.15) is 0 Å². The van der Waals surface area contributed by atoms with Gasteiger partial charge in [-0.15, -0.1) is 0 Å². The molecule has 2 heterocycles. The summed E-state index contributed by atoms with van der Waals surface area (Å²) in [6.45, 7) is 0. The molecule has 0 radical (unpaired) electrons. The fourth-order valence-corrected chi connectivity index (χ4v) is 2.48. The first kappa shape index (κ1) is 13.6. The summed E-state index contributed by atoms with van der Waals surface area (Å²) in [5, 5.41) is 1.11. The van der Waals surface area contributed by atoms with Crippen LogP contribution in [0.25, 0.3) is 17.1 Å². The largest absolute Gasteiger partial charge is 0.281 e. The van der Waals surface area contributed by atoms with E-state index in [1.54, 1.807) is 12.5 Å². The van der Waals surface area contributed by atoms with E-state index in [9.17, 15) is 0 Å². The molecule has 0 saturated carbocycles. The number of nitrogens with zero attached hydrogens (tertiary/aromatic N) is 3. The molecule has 100 valence electrons. The molecule has 6 heteroatoms. The van der Waals surface area contributed by atoms with Crippen molar-refractivity contribution in [3.8, 4) is 17.1 Å². The van der Waals surface area contributed by atoms with Gasteiger partial charge in [0.25, 0.3) is 0 Å². The van der Waals surface area contributed by atoms with Crippen LogP contribution < -0.4 is 0 Å². The van der Waals surface area contributed by atoms with Crippen molar-refractivity contribution < 1.29 is 0 Å². The molecule has 0 bridgehead atoms. The number of hydrogen-bond donors (Lipinski definition) is 0. The standard InChI is InChI=1S/C14H8BrCl2N3/c15-10-3-6-12(18-7-10)20-8-19-14(17)13(20)9-1-4-11(16)5-2-9/h1-8H. The van der Waals surface area contributed by atoms with Crippen molar-refractivity contribution in [1.82, 2.24) is 14.5 Å². The van der Waals surface area contributed by atoms with Crippen LogP contribution in [0.15, 0.2) is 53.4 Å². The third-order valence-corrected chi connectivity index (χ3v) is 3.80. The van der Waals surface area contributed by atoms with Crippen molar-refractivity contribution in [2.75, 3.05) is 0 Å². The monoisotopic (exact) mass is 367 g/mol. The quantitative estimate of drug-likeness (QED) is 0.636. The van der Waals surface area contributed by atoms with Crippen molar-refractivity contribution in [2.45, 2.75) is 0 Å². The number of imidazole rings is 1. The Balaban J connectivity index is 2.14. The predicted molar refractivity (Wildman–Crippen MR) is 84.5 cm³/mol. The van der Waals surface area contributed by atoms with Gasteiger partial charge in [-0.05, 0) is 40.2 Å². The first-order chi connectivity index (χ1) is 9.65. The average molecular weight is 369 g/mol. The molecule has 0 aliphatic rings. The molecule has 3 rings (SSSR count). The van der Waals surface area contributed by atoms with E-state index in [0.29, 0.717) is 10.2 Å². The molecule has 0 aliphatic heterocycles. The van der Waals surface area contributed by atoms with Gasteiger partial charge >= 0.3 is 0 Å². The average Bonchev–Trinajstić information content (AvgIpc) is 2.83. The van der Waals surface area contributed by atoms with Crippen LogP contribution in [0.2, 0.25) is 10.2 Å². The second kappa shape index (κ2) is 5.56. The van der Waals surface area contributed by atoms with E-state index in [1.807, 2.05) is 41.0 Å². The van der Waals surface area contributed by atoms with Crippen molar-refractivity contribution in [2.24, 2.45) is 0 Å². The molecule has 1 aromatic carbocycles. The number of benzene rings is 1. The molecule has 0 spiro atoms. The van der Waals surface area contributed by atoms with E-state index >= 15 is 0 Å². The topological polar surface area (TPSA) is 30.7 Å². The van der Waals surface area contributed by atoms with Crippen LogP contribution in [0.4, 0.5) is 0 Å². The lowest BCUT2D eigenvalue weighted by molar-refractivity contribution is 0.997. The van der Waals surface area contributed by atoms with E-state index < -0.39 is 0 Å². The van der Waals surface area contributed by atoms with Gasteiger partial charge in [0.1, 0.15) is 12.1 Å². The van der Waals surface area contributed by atoms with Gasteiger partial charge in [0.15, 0.2) is 5.15 Å². The summed E-state index contributed by atoms with van der Waals surface area (Å²) in [4.78, 5) is 8.51. The van der Waals surface area contributed by atoms with Gasteiger partial charge in [-0.3, -0.25) is 4.57 Å². The minimum Gasteiger partial charge on any atom is -0.281 e. The Morgan fingerprint density at radius 3 is 2.35 bits per heavy atom. The molecule has 0 aliphatic carbocycles. The molecular weight excluding hydrogens is 361 g/mol. The molecule has 0 amide bonds. The summed E-state index contributed by atoms with van der Waals surface area (Å²) in [6, 6.07) is 11.3. The van der Waals surface area contributed by atoms with Crippen LogP contribution in [-0.2, 0) is 0 Å². The maximum absolute atomic E-state index is 6.20. The van der Waals surface area contributed by atoms with Crippen LogP contribution in [0.5, 0.6) is 0 Å². The Morgan fingerprint density at radius 2 is 1.70 bits per heavy atom. The van der Waals surface area contributed by atoms with Crippen LogP contribution in [0.1, 0.15) is 0 Å². The van der Waals surface area contributed by atoms with Crippen LogP contribution >= 0.6 is 39.1 Å². The Morgan fingerprint density at radius 1 is 0.950 bits per heavy atom. The Kier molecular flexibility index (Phi) is 3.78. The zero-order valence-electron chi connectivity index (χ0n) is 10.1. The van der Waals surface area contributed by atoms with E-state index in [4.69, 9.17) is 23.2 Å². The molecule has 0 atom stereocenters. The number of hydrogen-bond acceptors (Lipinski definition) is 2. The second-order valence-electron chi connectivity index (χ2n) is 4.10. The molecule has 0 N–H and O–H groups in total. The highest BCUT2D eigenvalue weighted by Gasteiger charge is 2.13. The highest BCUT2D eigenvalue weighted by molar-refractivity contribution is 9.10. The van der Waals surface area contributed by atoms with Gasteiger partial charge in [0.2, 0.25) is 0 Å². The molecule has 3 nitrogen and oxygen atoms in total. The van der Waals surface area contributed by atoms with E-state index in [2.05, 4.69) is 25.9 Å². The Bertz CT molecular complexity index is 736. The molecule has 0 unspecified atom stereocenters. The van der Waals surface area contributed by atoms with Crippen LogP contribution in [0.3, 0.4) is 0 Å². The predicted octanol–water partition coefficient (Wildman–Crippen LogP) is 5.00. The fourth-order valence-electron chi connectivity index (χ4n) is 1.88. The maximum atomic E-state index is 6.20. The lowest BCUT2D eigenvalue weighted by Gasteiger charge is -2.08. The van der Waals surface area contributed by atoms with Gasteiger partial charge in [-0.1, -0.05) is 35.3 Å². The van der Waals surface area contributed by atoms with Crippen molar-refractivity contribution in [3.05, 3.63) is 63.6 Å². The van der Waals surface area contributed by atoms with Crippen molar-refractivity contribution >= 4 is 39.1 Å². The minimum atomic E-state index is 0.428. The molecule has 2 aromatic heterocycles. The molecule has 20 heavy (non-hydrogen) atoms. The van der Waals surface area contributed by atoms with Crippen LogP contribution in [-0.4, -0.2) is 14.5 Å². The highest BCUT2D eigenvalue weighted by Crippen LogP contribution is 2.30. The smallest absolute Gasteiger partial charge is 0.155 e. The number of aromatic nitrogens is 3. The third kappa shape index (κ3) is 2.59. The number of halogens is 3. The zero-order valence-corrected chi connectivity index (χ0v) is 13.2. The first-order valence-electron chi connectivity index (χ1n) is 5.76. The Labute approximate surface area is 134 Å². The van der Waals surface area contributed by atoms with Gasteiger partial charge in [0, 0.05) is 21.3 Å². The van der Waals surface area contributed by atoms with Gasteiger partial charge in [-0.25, -0.2) is 9.97 Å². The van der Waals surface area contributed by atoms with Gasteiger partial charge in [0.05, 0.1) is 5.69 Å². The maximum Gasteiger partial charge on any atom is 0.155 e. The normalized spacial score (nSPS) is 10.8. The summed E-state index contributed by atoms with van der Waals surface area (Å²) < 4.78 is 2.76. The fraction of sp³-hybridized carbons (Fsp3) is 0. The molecule has 3 aromatic rings. The molecular formula is C14H8BrCl2N3. The number of rotatable bonds is 2. The SMILES string of the molecule is Clc1ccc(-c2c(Cl)ncn2-c2ccc(Br)cn2)cc1. The minimum absolute atomic E-state index is 0.428. The van der Waals surface area contributed by atoms with E-state index in [1.165, 1.54) is 0 Å². The van der Waals surface area contributed by atoms with Gasteiger partial charge < -0.3 is 0 Å². The lowest BCUT2D eigenvalue weighted by atomic mass is 10.1. The third-order valence-electron chi connectivity index (χ3n) is 2.80. The summed E-state index contributed by atoms with van der Waals surface area (Å²) in [5.74, 6) is 0.748. The zero-order chi connectivity index (χ0) is 14.1. The van der Waals surface area contributed by atoms with Crippen molar-refractivity contribution in [1.29, 1.82) is 0 Å².